The molecule has 2 fully saturated rings. The first-order valence-corrected chi connectivity index (χ1v) is 7.00. The number of carbonyl (C=O) groups excluding carboxylic acids is 2. The number of carbonyl (C=O) groups is 2. The molecule has 10 radical (unpaired) electrons. The minimum atomic E-state index is 0.130. The summed E-state index contributed by atoms with van der Waals surface area (Å²) in [4.78, 5) is 23.4. The molecule has 0 unspecified atom stereocenters. The van der Waals surface area contributed by atoms with Crippen molar-refractivity contribution < 1.29 is 9.59 Å². The zero-order chi connectivity index (χ0) is 12.8. The molecule has 0 atom stereocenters. The summed E-state index contributed by atoms with van der Waals surface area (Å²) in [7, 11) is 0. The van der Waals surface area contributed by atoms with Crippen LogP contribution in [0.2, 0.25) is 0 Å². The maximum absolute atomic E-state index is 11.7. The molecule has 92 valence electrons. The first-order valence-electron chi connectivity index (χ1n) is 5.85. The Labute approximate surface area is 114 Å². The summed E-state index contributed by atoms with van der Waals surface area (Å²) < 4.78 is 0. The van der Waals surface area contributed by atoms with E-state index in [0.29, 0.717) is 17.9 Å². The van der Waals surface area contributed by atoms with Crippen LogP contribution in [0.4, 0.5) is 0 Å². The van der Waals surface area contributed by atoms with Crippen molar-refractivity contribution in [2.45, 2.75) is 6.42 Å². The number of Topliss-reactive ketones (excluding diaryl/α,β-unsaturated/α-hetero) is 2. The van der Waals surface area contributed by atoms with Gasteiger partial charge < -0.3 is 0 Å². The molecular formula is C15H14O2S. The third-order valence-corrected chi connectivity index (χ3v) is 3.64. The van der Waals surface area contributed by atoms with E-state index in [1.54, 1.807) is 0 Å². The average Bonchev–Trinajstić information content (AvgIpc) is 3.05. The highest BCUT2D eigenvalue weighted by Crippen LogP contribution is 2.27. The van der Waals surface area contributed by atoms with Crippen molar-refractivity contribution in [3.8, 4) is 0 Å². The van der Waals surface area contributed by atoms with Crippen LogP contribution in [0.3, 0.4) is 0 Å². The zero-order valence-electron chi connectivity index (χ0n) is 9.96. The van der Waals surface area contributed by atoms with Gasteiger partial charge in [-0.3, -0.25) is 9.59 Å². The Morgan fingerprint density at radius 1 is 0.833 bits per heavy atom. The van der Waals surface area contributed by atoms with E-state index in [4.69, 9.17) is 0 Å². The maximum atomic E-state index is 11.7. The van der Waals surface area contributed by atoms with E-state index in [2.05, 4.69) is 0 Å². The highest BCUT2D eigenvalue weighted by molar-refractivity contribution is 8.00. The van der Waals surface area contributed by atoms with Crippen LogP contribution in [0.25, 0.3) is 0 Å². The molecule has 0 bridgehead atoms. The zero-order valence-corrected chi connectivity index (χ0v) is 10.8. The lowest BCUT2D eigenvalue weighted by molar-refractivity contribution is -0.116. The van der Waals surface area contributed by atoms with Crippen LogP contribution >= 0.6 is 11.8 Å². The number of ketones is 2. The third-order valence-electron chi connectivity index (χ3n) is 2.68. The fourth-order valence-electron chi connectivity index (χ4n) is 1.68. The molecule has 0 aliphatic heterocycles. The van der Waals surface area contributed by atoms with Crippen LogP contribution in [-0.2, 0) is 9.59 Å². The minimum absolute atomic E-state index is 0.130. The lowest BCUT2D eigenvalue weighted by Crippen LogP contribution is -2.14. The number of thioether (sulfide) groups is 1. The normalized spacial score (nSPS) is 21.6. The third kappa shape index (κ3) is 4.11. The number of rotatable bonds is 7. The van der Waals surface area contributed by atoms with Crippen LogP contribution in [0.5, 0.6) is 0 Å². The first kappa shape index (κ1) is 14.1. The van der Waals surface area contributed by atoms with E-state index in [1.165, 1.54) is 11.8 Å². The summed E-state index contributed by atoms with van der Waals surface area (Å²) in [5, 5.41) is 0. The molecule has 2 nitrogen and oxygen atoms in total. The highest BCUT2D eigenvalue weighted by Gasteiger charge is 2.25. The molecule has 0 aromatic rings. The lowest BCUT2D eigenvalue weighted by atomic mass is 10.0. The van der Waals surface area contributed by atoms with E-state index in [-0.39, 0.29) is 11.6 Å². The predicted octanol–water partition coefficient (Wildman–Crippen LogP) is 2.06. The quantitative estimate of drug-likeness (QED) is 0.655. The predicted molar refractivity (Wildman–Crippen MR) is 72.8 cm³/mol. The van der Waals surface area contributed by atoms with Crippen molar-refractivity contribution in [3.05, 3.63) is 63.2 Å². The maximum Gasteiger partial charge on any atom is 0.150 e. The molecule has 2 aliphatic carbocycles. The molecule has 0 aromatic carbocycles. The highest BCUT2D eigenvalue weighted by atomic mass is 32.2. The summed E-state index contributed by atoms with van der Waals surface area (Å²) in [6.45, 7) is 0. The topological polar surface area (TPSA) is 34.1 Å². The Morgan fingerprint density at radius 2 is 1.33 bits per heavy atom. The second-order valence-electron chi connectivity index (χ2n) is 4.00. The summed E-state index contributed by atoms with van der Waals surface area (Å²) in [6.07, 6.45) is 15.2. The first-order chi connectivity index (χ1) is 8.77. The van der Waals surface area contributed by atoms with Crippen molar-refractivity contribution in [2.24, 2.45) is 0 Å². The molecule has 0 N–H and O–H groups in total. The Balaban J connectivity index is 1.55. The molecule has 3 heteroatoms. The van der Waals surface area contributed by atoms with Gasteiger partial charge in [0.25, 0.3) is 0 Å². The molecule has 2 saturated carbocycles. The van der Waals surface area contributed by atoms with E-state index in [9.17, 15) is 9.59 Å². The Hall–Kier alpha value is -0.310. The van der Waals surface area contributed by atoms with Crippen LogP contribution < -0.4 is 0 Å². The summed E-state index contributed by atoms with van der Waals surface area (Å²) >= 11 is 1.51. The molecule has 2 rings (SSSR count). The second kappa shape index (κ2) is 7.32. The van der Waals surface area contributed by atoms with Crippen molar-refractivity contribution in [1.29, 1.82) is 0 Å². The smallest absolute Gasteiger partial charge is 0.150 e. The molecule has 0 heterocycles. The van der Waals surface area contributed by atoms with Crippen LogP contribution in [-0.4, -0.2) is 23.1 Å². The number of hydrogen-bond acceptors (Lipinski definition) is 3. The van der Waals surface area contributed by atoms with Gasteiger partial charge in [0.1, 0.15) is 11.6 Å². The average molecular weight is 258 g/mol. The Morgan fingerprint density at radius 3 is 1.89 bits per heavy atom. The van der Waals surface area contributed by atoms with E-state index < -0.39 is 0 Å². The van der Waals surface area contributed by atoms with Gasteiger partial charge in [-0.2, -0.15) is 11.8 Å². The van der Waals surface area contributed by atoms with Crippen molar-refractivity contribution >= 4 is 23.3 Å². The summed E-state index contributed by atoms with van der Waals surface area (Å²) in [5.74, 6) is 2.93. The van der Waals surface area contributed by atoms with Crippen molar-refractivity contribution in [2.75, 3.05) is 11.5 Å². The van der Waals surface area contributed by atoms with Gasteiger partial charge in [-0.1, -0.05) is 0 Å². The van der Waals surface area contributed by atoms with Gasteiger partial charge in [-0.25, -0.2) is 0 Å². The standard InChI is InChI=1S/C15H14O2S/c16-14(12-5-1-2-6-12)9-10-18-11-15(17)13-7-3-4-8-13/h1-8H,9-11H2. The van der Waals surface area contributed by atoms with Gasteiger partial charge in [-0.15, -0.1) is 0 Å². The van der Waals surface area contributed by atoms with Crippen molar-refractivity contribution in [1.82, 2.24) is 0 Å². The SMILES string of the molecule is O=C(CCSCC(=O)[C]1[CH][CH][CH][CH]1)[C]1[CH][CH][CH][CH]1. The van der Waals surface area contributed by atoms with E-state index in [1.807, 2.05) is 51.4 Å². The fraction of sp³-hybridized carbons (Fsp3) is 0.200. The Bertz CT molecular complexity index is 259. The van der Waals surface area contributed by atoms with Gasteiger partial charge in [-0.05, 0) is 51.4 Å². The van der Waals surface area contributed by atoms with Crippen LogP contribution in [0, 0.1) is 63.2 Å². The van der Waals surface area contributed by atoms with Crippen LogP contribution in [0.1, 0.15) is 6.42 Å². The largest absolute Gasteiger partial charge is 0.299 e. The Kier molecular flexibility index (Phi) is 5.74. The monoisotopic (exact) mass is 258 g/mol. The number of hydrogen-bond donors (Lipinski definition) is 0. The second-order valence-corrected chi connectivity index (χ2v) is 5.10. The minimum Gasteiger partial charge on any atom is -0.299 e. The molecule has 0 aromatic heterocycles. The fourth-order valence-corrected chi connectivity index (χ4v) is 2.50. The van der Waals surface area contributed by atoms with Gasteiger partial charge in [0.15, 0.2) is 0 Å². The van der Waals surface area contributed by atoms with Crippen molar-refractivity contribution in [3.63, 3.8) is 0 Å². The lowest BCUT2D eigenvalue weighted by Gasteiger charge is -2.07. The molecule has 0 amide bonds. The molecule has 0 spiro atoms. The van der Waals surface area contributed by atoms with Gasteiger partial charge in [0.05, 0.1) is 5.75 Å². The molecular weight excluding hydrogens is 244 g/mol. The summed E-state index contributed by atoms with van der Waals surface area (Å²) in [6, 6.07) is 0. The molecule has 2 aliphatic rings. The summed E-state index contributed by atoms with van der Waals surface area (Å²) in [5.41, 5.74) is 0. The van der Waals surface area contributed by atoms with E-state index >= 15 is 0 Å². The van der Waals surface area contributed by atoms with Gasteiger partial charge in [0, 0.05) is 24.0 Å². The van der Waals surface area contributed by atoms with Crippen LogP contribution in [0.15, 0.2) is 0 Å². The van der Waals surface area contributed by atoms with E-state index in [0.717, 1.165) is 11.8 Å². The molecule has 18 heavy (non-hydrogen) atoms. The van der Waals surface area contributed by atoms with Gasteiger partial charge >= 0.3 is 0 Å². The molecule has 0 saturated heterocycles. The van der Waals surface area contributed by atoms with Gasteiger partial charge in [0.2, 0.25) is 0 Å².